The molecular weight excluding hydrogens is 431 g/mol. The summed E-state index contributed by atoms with van der Waals surface area (Å²) in [6.45, 7) is 1.23. The molecule has 1 atom stereocenters. The number of benzene rings is 2. The zero-order valence-corrected chi connectivity index (χ0v) is 17.5. The third kappa shape index (κ3) is 4.98. The number of Topliss-reactive ketones (excluding diaryl/α,β-unsaturated/α-hetero) is 1. The summed E-state index contributed by atoms with van der Waals surface area (Å²) in [5, 5.41) is 1.63. The topological polar surface area (TPSA) is 92.8 Å². The highest BCUT2D eigenvalue weighted by atomic mass is 35.5. The molecule has 3 rings (SSSR count). The lowest BCUT2D eigenvalue weighted by atomic mass is 10.1. The number of esters is 1. The average molecular weight is 449 g/mol. The first-order chi connectivity index (χ1) is 14.3. The van der Waals surface area contributed by atoms with Gasteiger partial charge in [-0.3, -0.25) is 29.6 Å². The van der Waals surface area contributed by atoms with E-state index in [4.69, 9.17) is 27.9 Å². The normalized spacial score (nSPS) is 15.8. The monoisotopic (exact) mass is 448 g/mol. The van der Waals surface area contributed by atoms with Gasteiger partial charge in [-0.15, -0.1) is 0 Å². The molecule has 1 saturated heterocycles. The van der Waals surface area contributed by atoms with Gasteiger partial charge in [-0.25, -0.2) is 0 Å². The summed E-state index contributed by atoms with van der Waals surface area (Å²) in [4.78, 5) is 49.1. The number of amides is 2. The smallest absolute Gasteiger partial charge is 0.311 e. The molecule has 9 heteroatoms. The van der Waals surface area contributed by atoms with Crippen molar-refractivity contribution >= 4 is 46.8 Å². The van der Waals surface area contributed by atoms with E-state index in [9.17, 15) is 19.2 Å². The van der Waals surface area contributed by atoms with Gasteiger partial charge in [0, 0.05) is 22.6 Å². The van der Waals surface area contributed by atoms with Crippen LogP contribution in [-0.4, -0.2) is 41.7 Å². The van der Waals surface area contributed by atoms with Gasteiger partial charge in [0.05, 0.1) is 17.5 Å². The number of halogens is 2. The summed E-state index contributed by atoms with van der Waals surface area (Å²) in [5.74, 6) is -2.83. The maximum atomic E-state index is 12.4. The second kappa shape index (κ2) is 9.28. The first kappa shape index (κ1) is 21.8. The van der Waals surface area contributed by atoms with Crippen molar-refractivity contribution in [1.29, 1.82) is 0 Å². The molecule has 1 fully saturated rings. The molecule has 2 aromatic rings. The van der Waals surface area contributed by atoms with Crippen molar-refractivity contribution in [2.45, 2.75) is 13.3 Å². The van der Waals surface area contributed by atoms with Crippen molar-refractivity contribution in [2.75, 3.05) is 13.2 Å². The second-order valence-corrected chi connectivity index (χ2v) is 7.66. The van der Waals surface area contributed by atoms with Crippen LogP contribution in [-0.2, 0) is 14.3 Å². The zero-order valence-electron chi connectivity index (χ0n) is 16.0. The van der Waals surface area contributed by atoms with E-state index in [0.29, 0.717) is 10.6 Å². The van der Waals surface area contributed by atoms with Crippen molar-refractivity contribution in [3.63, 3.8) is 0 Å². The van der Waals surface area contributed by atoms with E-state index in [-0.39, 0.29) is 23.6 Å². The number of hydrazine groups is 1. The lowest BCUT2D eigenvalue weighted by Gasteiger charge is -2.18. The molecule has 1 aliphatic heterocycles. The van der Waals surface area contributed by atoms with Gasteiger partial charge in [-0.2, -0.15) is 0 Å². The number of hydrogen-bond donors (Lipinski definition) is 1. The predicted molar refractivity (Wildman–Crippen MR) is 110 cm³/mol. The fourth-order valence-corrected chi connectivity index (χ4v) is 3.55. The number of hydrogen-bond acceptors (Lipinski definition) is 5. The number of ether oxygens (including phenoxy) is 1. The van der Waals surface area contributed by atoms with Gasteiger partial charge >= 0.3 is 5.97 Å². The molecule has 0 aromatic heterocycles. The van der Waals surface area contributed by atoms with E-state index in [1.807, 2.05) is 0 Å². The maximum absolute atomic E-state index is 12.4. The lowest BCUT2D eigenvalue weighted by Crippen LogP contribution is -2.43. The Kier molecular flexibility index (Phi) is 6.74. The van der Waals surface area contributed by atoms with Crippen molar-refractivity contribution in [2.24, 2.45) is 5.92 Å². The van der Waals surface area contributed by atoms with Gasteiger partial charge in [-0.05, 0) is 36.8 Å². The summed E-state index contributed by atoms with van der Waals surface area (Å²) < 4.78 is 5.06. The quantitative estimate of drug-likeness (QED) is 0.540. The molecule has 1 N–H and O–H groups in total. The fourth-order valence-electron chi connectivity index (χ4n) is 3.03. The van der Waals surface area contributed by atoms with Crippen LogP contribution in [0.2, 0.25) is 10.0 Å². The standard InChI is InChI=1S/C21H18Cl2N2O5/c1-12-4-2-3-5-15(12)20(28)24-25-10-13(8-19(25)27)21(29)30-11-18(26)16-7-6-14(22)9-17(16)23/h2-7,9,13H,8,10-11H2,1H3,(H,24,28)/t13-/m1/s1. The Balaban J connectivity index is 1.55. The average Bonchev–Trinajstić information content (AvgIpc) is 3.06. The highest BCUT2D eigenvalue weighted by Crippen LogP contribution is 2.22. The molecule has 0 unspecified atom stereocenters. The molecule has 2 amide bonds. The molecule has 0 spiro atoms. The van der Waals surface area contributed by atoms with Gasteiger partial charge in [0.15, 0.2) is 6.61 Å². The minimum atomic E-state index is -0.789. The highest BCUT2D eigenvalue weighted by molar-refractivity contribution is 6.36. The number of carbonyl (C=O) groups is 4. The molecule has 0 radical (unpaired) electrons. The lowest BCUT2D eigenvalue weighted by molar-refractivity contribution is -0.147. The third-order valence-corrected chi connectivity index (χ3v) is 5.21. The summed E-state index contributed by atoms with van der Waals surface area (Å²) >= 11 is 11.8. The van der Waals surface area contributed by atoms with Crippen molar-refractivity contribution in [3.05, 3.63) is 69.2 Å². The van der Waals surface area contributed by atoms with Crippen LogP contribution in [0.25, 0.3) is 0 Å². The van der Waals surface area contributed by atoms with Crippen molar-refractivity contribution in [3.8, 4) is 0 Å². The number of nitrogens with one attached hydrogen (secondary N) is 1. The minimum Gasteiger partial charge on any atom is -0.457 e. The third-order valence-electron chi connectivity index (χ3n) is 4.66. The predicted octanol–water partition coefficient (Wildman–Crippen LogP) is 3.22. The largest absolute Gasteiger partial charge is 0.457 e. The van der Waals surface area contributed by atoms with Gasteiger partial charge in [0.1, 0.15) is 0 Å². The van der Waals surface area contributed by atoms with E-state index in [1.165, 1.54) is 18.2 Å². The van der Waals surface area contributed by atoms with E-state index in [1.54, 1.807) is 31.2 Å². The zero-order chi connectivity index (χ0) is 21.8. The van der Waals surface area contributed by atoms with Crippen LogP contribution in [0.1, 0.15) is 32.7 Å². The molecule has 2 aromatic carbocycles. The van der Waals surface area contributed by atoms with Crippen LogP contribution in [0.15, 0.2) is 42.5 Å². The Bertz CT molecular complexity index is 1020. The highest BCUT2D eigenvalue weighted by Gasteiger charge is 2.37. The van der Waals surface area contributed by atoms with Crippen molar-refractivity contribution in [1.82, 2.24) is 10.4 Å². The summed E-state index contributed by atoms with van der Waals surface area (Å²) in [7, 11) is 0. The molecule has 0 saturated carbocycles. The van der Waals surface area contributed by atoms with Crippen molar-refractivity contribution < 1.29 is 23.9 Å². The number of ketones is 1. The Labute approximate surface area is 182 Å². The first-order valence-electron chi connectivity index (χ1n) is 9.08. The van der Waals surface area contributed by atoms with Crippen LogP contribution < -0.4 is 5.43 Å². The van der Waals surface area contributed by atoms with Crippen LogP contribution in [0.3, 0.4) is 0 Å². The fraction of sp³-hybridized carbons (Fsp3) is 0.238. The number of nitrogens with zero attached hydrogens (tertiary/aromatic N) is 1. The van der Waals surface area contributed by atoms with Crippen LogP contribution >= 0.6 is 23.2 Å². The molecule has 156 valence electrons. The van der Waals surface area contributed by atoms with E-state index in [2.05, 4.69) is 5.43 Å². The summed E-state index contributed by atoms with van der Waals surface area (Å²) in [5.41, 5.74) is 3.89. The summed E-state index contributed by atoms with van der Waals surface area (Å²) in [6.07, 6.45) is -0.122. The number of carbonyl (C=O) groups excluding carboxylic acids is 4. The molecule has 30 heavy (non-hydrogen) atoms. The van der Waals surface area contributed by atoms with Crippen LogP contribution in [0, 0.1) is 12.8 Å². The van der Waals surface area contributed by atoms with E-state index >= 15 is 0 Å². The SMILES string of the molecule is Cc1ccccc1C(=O)NN1C[C@H](C(=O)OCC(=O)c2ccc(Cl)cc2Cl)CC1=O. The molecule has 1 aliphatic rings. The minimum absolute atomic E-state index is 0.0365. The van der Waals surface area contributed by atoms with Gasteiger partial charge in [-0.1, -0.05) is 41.4 Å². The van der Waals surface area contributed by atoms with Gasteiger partial charge in [0.2, 0.25) is 11.7 Å². The second-order valence-electron chi connectivity index (χ2n) is 6.82. The summed E-state index contributed by atoms with van der Waals surface area (Å²) in [6, 6.07) is 11.3. The first-order valence-corrected chi connectivity index (χ1v) is 9.83. The Morgan fingerprint density at radius 3 is 2.57 bits per heavy atom. The van der Waals surface area contributed by atoms with Crippen LogP contribution in [0.5, 0.6) is 0 Å². The Hall–Kier alpha value is -2.90. The molecule has 0 aliphatic carbocycles. The van der Waals surface area contributed by atoms with E-state index in [0.717, 1.165) is 10.6 Å². The molecule has 0 bridgehead atoms. The molecule has 7 nitrogen and oxygen atoms in total. The Morgan fingerprint density at radius 2 is 1.87 bits per heavy atom. The van der Waals surface area contributed by atoms with E-state index < -0.39 is 36.1 Å². The Morgan fingerprint density at radius 1 is 1.13 bits per heavy atom. The maximum Gasteiger partial charge on any atom is 0.311 e. The van der Waals surface area contributed by atoms with Crippen LogP contribution in [0.4, 0.5) is 0 Å². The molecular formula is C21H18Cl2N2O5. The number of aryl methyl sites for hydroxylation is 1. The number of rotatable bonds is 6. The van der Waals surface area contributed by atoms with Gasteiger partial charge in [0.25, 0.3) is 5.91 Å². The molecule has 1 heterocycles. The van der Waals surface area contributed by atoms with Gasteiger partial charge < -0.3 is 4.74 Å².